The zero-order chi connectivity index (χ0) is 15.8. The third-order valence-electron chi connectivity index (χ3n) is 4.84. The standard InChI is InChI=1S/C18H30N2O/c1-13-10-17(4,5)12-18(6,11-13)8-7-16(21)20-15(3)9-14(2)19-20/h9,13H,7-8,10-12H2,1-6H3. The molecule has 0 radical (unpaired) electrons. The van der Waals surface area contributed by atoms with Crippen molar-refractivity contribution in [2.24, 2.45) is 16.7 Å². The number of hydrogen-bond acceptors (Lipinski definition) is 2. The number of rotatable bonds is 3. The number of aromatic nitrogens is 2. The molecule has 1 saturated carbocycles. The topological polar surface area (TPSA) is 34.9 Å². The average Bonchev–Trinajstić information content (AvgIpc) is 2.62. The van der Waals surface area contributed by atoms with E-state index >= 15 is 0 Å². The summed E-state index contributed by atoms with van der Waals surface area (Å²) >= 11 is 0. The van der Waals surface area contributed by atoms with Crippen LogP contribution in [0.2, 0.25) is 0 Å². The van der Waals surface area contributed by atoms with Crippen LogP contribution in [-0.2, 0) is 0 Å². The molecule has 2 atom stereocenters. The molecule has 3 heteroatoms. The van der Waals surface area contributed by atoms with Crippen molar-refractivity contribution in [2.75, 3.05) is 0 Å². The smallest absolute Gasteiger partial charge is 0.247 e. The lowest BCUT2D eigenvalue weighted by Crippen LogP contribution is -2.35. The van der Waals surface area contributed by atoms with Gasteiger partial charge in [0, 0.05) is 12.1 Å². The van der Waals surface area contributed by atoms with E-state index in [-0.39, 0.29) is 11.3 Å². The Morgan fingerprint density at radius 2 is 2.00 bits per heavy atom. The Labute approximate surface area is 129 Å². The minimum absolute atomic E-state index is 0.137. The van der Waals surface area contributed by atoms with Gasteiger partial charge in [-0.15, -0.1) is 0 Å². The quantitative estimate of drug-likeness (QED) is 0.803. The van der Waals surface area contributed by atoms with Crippen LogP contribution in [0, 0.1) is 30.6 Å². The monoisotopic (exact) mass is 290 g/mol. The molecule has 1 aliphatic carbocycles. The Hall–Kier alpha value is -1.12. The number of hydrogen-bond donors (Lipinski definition) is 0. The zero-order valence-electron chi connectivity index (χ0n) is 14.5. The van der Waals surface area contributed by atoms with Crippen LogP contribution in [0.15, 0.2) is 6.07 Å². The second kappa shape index (κ2) is 5.58. The van der Waals surface area contributed by atoms with Gasteiger partial charge >= 0.3 is 0 Å². The fraction of sp³-hybridized carbons (Fsp3) is 0.778. The molecule has 0 aliphatic heterocycles. The predicted octanol–water partition coefficient (Wildman–Crippen LogP) is 4.77. The van der Waals surface area contributed by atoms with E-state index in [4.69, 9.17) is 0 Å². The lowest BCUT2D eigenvalue weighted by atomic mass is 9.60. The second-order valence-corrected chi connectivity index (χ2v) is 8.40. The molecule has 1 aliphatic rings. The van der Waals surface area contributed by atoms with Gasteiger partial charge in [-0.05, 0) is 62.3 Å². The van der Waals surface area contributed by atoms with Gasteiger partial charge in [-0.1, -0.05) is 27.7 Å². The van der Waals surface area contributed by atoms with E-state index in [0.29, 0.717) is 11.8 Å². The molecule has 1 aromatic heterocycles. The van der Waals surface area contributed by atoms with E-state index < -0.39 is 0 Å². The van der Waals surface area contributed by atoms with Gasteiger partial charge in [0.05, 0.1) is 5.69 Å². The fourth-order valence-electron chi connectivity index (χ4n) is 4.74. The normalized spacial score (nSPS) is 28.6. The highest BCUT2D eigenvalue weighted by atomic mass is 16.2. The first-order valence-corrected chi connectivity index (χ1v) is 8.17. The lowest BCUT2D eigenvalue weighted by molar-refractivity contribution is 0.0487. The molecule has 2 rings (SSSR count). The third kappa shape index (κ3) is 3.96. The third-order valence-corrected chi connectivity index (χ3v) is 4.84. The maximum atomic E-state index is 12.4. The summed E-state index contributed by atoms with van der Waals surface area (Å²) in [6.07, 6.45) is 5.32. The maximum absolute atomic E-state index is 12.4. The van der Waals surface area contributed by atoms with E-state index in [1.54, 1.807) is 4.68 Å². The summed E-state index contributed by atoms with van der Waals surface area (Å²) in [6, 6.07) is 1.96. The van der Waals surface area contributed by atoms with Crippen molar-refractivity contribution in [3.63, 3.8) is 0 Å². The van der Waals surface area contributed by atoms with Gasteiger partial charge in [-0.25, -0.2) is 4.68 Å². The van der Waals surface area contributed by atoms with Crippen LogP contribution in [0.4, 0.5) is 0 Å². The van der Waals surface area contributed by atoms with E-state index in [9.17, 15) is 4.79 Å². The highest BCUT2D eigenvalue weighted by molar-refractivity contribution is 5.78. The molecule has 1 fully saturated rings. The predicted molar refractivity (Wildman–Crippen MR) is 86.5 cm³/mol. The van der Waals surface area contributed by atoms with Crippen molar-refractivity contribution in [3.8, 4) is 0 Å². The molecule has 0 saturated heterocycles. The Morgan fingerprint density at radius 1 is 1.33 bits per heavy atom. The average molecular weight is 290 g/mol. The SMILES string of the molecule is Cc1cc(C)n(C(=O)CCC2(C)CC(C)CC(C)(C)C2)n1. The molecule has 1 heterocycles. The van der Waals surface area contributed by atoms with E-state index in [1.807, 2.05) is 19.9 Å². The second-order valence-electron chi connectivity index (χ2n) is 8.40. The molecule has 0 bridgehead atoms. The molecular weight excluding hydrogens is 260 g/mol. The van der Waals surface area contributed by atoms with Crippen LogP contribution in [-0.4, -0.2) is 15.7 Å². The van der Waals surface area contributed by atoms with Gasteiger partial charge in [0.2, 0.25) is 5.91 Å². The van der Waals surface area contributed by atoms with E-state index in [0.717, 1.165) is 23.7 Å². The van der Waals surface area contributed by atoms with Crippen molar-refractivity contribution in [1.29, 1.82) is 0 Å². The molecule has 0 N–H and O–H groups in total. The highest BCUT2D eigenvalue weighted by Gasteiger charge is 2.39. The maximum Gasteiger partial charge on any atom is 0.247 e. The largest absolute Gasteiger partial charge is 0.273 e. The summed E-state index contributed by atoms with van der Waals surface area (Å²) in [5.41, 5.74) is 2.54. The summed E-state index contributed by atoms with van der Waals surface area (Å²) in [5, 5.41) is 4.31. The van der Waals surface area contributed by atoms with Crippen molar-refractivity contribution in [2.45, 2.75) is 73.6 Å². The fourth-order valence-corrected chi connectivity index (χ4v) is 4.74. The highest BCUT2D eigenvalue weighted by Crippen LogP contribution is 2.50. The molecule has 0 spiro atoms. The number of carbonyl (C=O) groups excluding carboxylic acids is 1. The summed E-state index contributed by atoms with van der Waals surface area (Å²) in [6.45, 7) is 13.3. The van der Waals surface area contributed by atoms with Gasteiger partial charge < -0.3 is 0 Å². The van der Waals surface area contributed by atoms with E-state index in [2.05, 4.69) is 32.8 Å². The van der Waals surface area contributed by atoms with Gasteiger partial charge in [0.25, 0.3) is 0 Å². The first kappa shape index (κ1) is 16.3. The molecule has 0 aromatic carbocycles. The van der Waals surface area contributed by atoms with Gasteiger partial charge in [-0.2, -0.15) is 5.10 Å². The summed E-state index contributed by atoms with van der Waals surface area (Å²) < 4.78 is 1.58. The molecule has 3 nitrogen and oxygen atoms in total. The lowest BCUT2D eigenvalue weighted by Gasteiger charge is -2.46. The van der Waals surface area contributed by atoms with Crippen LogP contribution in [0.1, 0.15) is 76.0 Å². The Balaban J connectivity index is 2.01. The first-order valence-electron chi connectivity index (χ1n) is 8.17. The summed E-state index contributed by atoms with van der Waals surface area (Å²) in [4.78, 5) is 12.4. The minimum atomic E-state index is 0.137. The van der Waals surface area contributed by atoms with Gasteiger partial charge in [0.15, 0.2) is 0 Å². The van der Waals surface area contributed by atoms with Crippen molar-refractivity contribution < 1.29 is 4.79 Å². The molecule has 118 valence electrons. The van der Waals surface area contributed by atoms with Crippen LogP contribution in [0.25, 0.3) is 0 Å². The van der Waals surface area contributed by atoms with Crippen molar-refractivity contribution in [3.05, 3.63) is 17.5 Å². The molecular formula is C18H30N2O. The van der Waals surface area contributed by atoms with Gasteiger partial charge in [0.1, 0.15) is 0 Å². The van der Waals surface area contributed by atoms with Crippen molar-refractivity contribution in [1.82, 2.24) is 9.78 Å². The van der Waals surface area contributed by atoms with E-state index in [1.165, 1.54) is 19.3 Å². The van der Waals surface area contributed by atoms with Gasteiger partial charge in [-0.3, -0.25) is 4.79 Å². The molecule has 1 aromatic rings. The number of nitrogens with zero attached hydrogens (tertiary/aromatic N) is 2. The van der Waals surface area contributed by atoms with Crippen LogP contribution < -0.4 is 0 Å². The van der Waals surface area contributed by atoms with Crippen LogP contribution in [0.5, 0.6) is 0 Å². The van der Waals surface area contributed by atoms with Crippen molar-refractivity contribution >= 4 is 5.91 Å². The number of carbonyl (C=O) groups is 1. The first-order chi connectivity index (χ1) is 9.60. The minimum Gasteiger partial charge on any atom is -0.273 e. The molecule has 21 heavy (non-hydrogen) atoms. The number of aryl methyl sites for hydroxylation is 2. The Bertz CT molecular complexity index is 529. The Morgan fingerprint density at radius 3 is 2.52 bits per heavy atom. The zero-order valence-corrected chi connectivity index (χ0v) is 14.5. The molecule has 0 amide bonds. The summed E-state index contributed by atoms with van der Waals surface area (Å²) in [7, 11) is 0. The Kier molecular flexibility index (Phi) is 4.32. The summed E-state index contributed by atoms with van der Waals surface area (Å²) in [5.74, 6) is 0.889. The van der Waals surface area contributed by atoms with Crippen LogP contribution >= 0.6 is 0 Å². The van der Waals surface area contributed by atoms with Crippen LogP contribution in [0.3, 0.4) is 0 Å². The molecule has 2 unspecified atom stereocenters.